The number of carboxylic acids is 1. The number of hydrogen-bond acceptors (Lipinski definition) is 3. The molecule has 0 aromatic heterocycles. The smallest absolute Gasteiger partial charge is 0.303 e. The van der Waals surface area contributed by atoms with Crippen LogP contribution in [0.5, 0.6) is 0 Å². The van der Waals surface area contributed by atoms with Crippen molar-refractivity contribution in [3.8, 4) is 0 Å². The van der Waals surface area contributed by atoms with Crippen molar-refractivity contribution in [3.05, 3.63) is 11.6 Å². The van der Waals surface area contributed by atoms with E-state index in [2.05, 4.69) is 13.0 Å². The Bertz CT molecular complexity index is 451. The second-order valence-corrected chi connectivity index (χ2v) is 7.80. The highest BCUT2D eigenvalue weighted by molar-refractivity contribution is 5.88. The van der Waals surface area contributed by atoms with Crippen LogP contribution in [0, 0.1) is 5.92 Å². The van der Waals surface area contributed by atoms with Crippen LogP contribution < -0.4 is 0 Å². The average Bonchev–Trinajstić information content (AvgIpc) is 2.89. The van der Waals surface area contributed by atoms with Crippen molar-refractivity contribution < 1.29 is 19.8 Å². The minimum atomic E-state index is -0.734. The zero-order valence-corrected chi connectivity index (χ0v) is 16.1. The van der Waals surface area contributed by atoms with E-state index < -0.39 is 11.6 Å². The molecule has 0 radical (unpaired) electrons. The fourth-order valence-electron chi connectivity index (χ4n) is 3.62. The molecular formula is C21H36O4. The van der Waals surface area contributed by atoms with Crippen molar-refractivity contribution >= 4 is 11.8 Å². The van der Waals surface area contributed by atoms with Gasteiger partial charge in [0.25, 0.3) is 0 Å². The average molecular weight is 353 g/mol. The van der Waals surface area contributed by atoms with Gasteiger partial charge in [0, 0.05) is 18.8 Å². The molecular weight excluding hydrogens is 316 g/mol. The van der Waals surface area contributed by atoms with Crippen LogP contribution in [0.2, 0.25) is 0 Å². The highest BCUT2D eigenvalue weighted by Crippen LogP contribution is 2.33. The van der Waals surface area contributed by atoms with E-state index in [9.17, 15) is 14.7 Å². The summed E-state index contributed by atoms with van der Waals surface area (Å²) in [6, 6.07) is 0. The Balaban J connectivity index is 2.30. The van der Waals surface area contributed by atoms with Crippen LogP contribution >= 0.6 is 0 Å². The van der Waals surface area contributed by atoms with Gasteiger partial charge in [-0.2, -0.15) is 0 Å². The maximum Gasteiger partial charge on any atom is 0.303 e. The van der Waals surface area contributed by atoms with Crippen molar-refractivity contribution in [1.29, 1.82) is 0 Å². The Kier molecular flexibility index (Phi) is 10.0. The summed E-state index contributed by atoms with van der Waals surface area (Å²) in [7, 11) is 0. The lowest BCUT2D eigenvalue weighted by molar-refractivity contribution is -0.137. The number of hydrogen-bond donors (Lipinski definition) is 2. The van der Waals surface area contributed by atoms with Gasteiger partial charge in [-0.25, -0.2) is 0 Å². The number of carbonyl (C=O) groups excluding carboxylic acids is 1. The molecule has 4 heteroatoms. The van der Waals surface area contributed by atoms with Gasteiger partial charge >= 0.3 is 5.97 Å². The molecule has 0 heterocycles. The Morgan fingerprint density at radius 3 is 2.56 bits per heavy atom. The molecule has 0 bridgehead atoms. The lowest BCUT2D eigenvalue weighted by atomic mass is 9.86. The molecule has 144 valence electrons. The van der Waals surface area contributed by atoms with Crippen molar-refractivity contribution in [2.45, 2.75) is 103 Å². The van der Waals surface area contributed by atoms with Crippen molar-refractivity contribution in [3.63, 3.8) is 0 Å². The molecule has 0 aliphatic heterocycles. The van der Waals surface area contributed by atoms with E-state index in [0.717, 1.165) is 70.6 Å². The zero-order valence-electron chi connectivity index (χ0n) is 16.1. The molecule has 25 heavy (non-hydrogen) atoms. The number of allylic oxidation sites excluding steroid dienone is 2. The molecule has 0 unspecified atom stereocenters. The van der Waals surface area contributed by atoms with Crippen LogP contribution in [-0.2, 0) is 9.59 Å². The second kappa shape index (κ2) is 11.5. The molecule has 0 aromatic carbocycles. The zero-order chi connectivity index (χ0) is 18.7. The SMILES string of the molecule is CCCCC[C@](C)(O)CCC1=CCC(=O)[C@@H]1CCCCCCC(=O)O. The maximum absolute atomic E-state index is 12.1. The number of rotatable bonds is 14. The summed E-state index contributed by atoms with van der Waals surface area (Å²) in [4.78, 5) is 22.6. The van der Waals surface area contributed by atoms with Crippen molar-refractivity contribution in [1.82, 2.24) is 0 Å². The van der Waals surface area contributed by atoms with Crippen LogP contribution in [-0.4, -0.2) is 27.6 Å². The molecule has 0 saturated heterocycles. The summed E-state index contributed by atoms with van der Waals surface area (Å²) >= 11 is 0. The molecule has 0 aromatic rings. The monoisotopic (exact) mass is 352 g/mol. The third-order valence-corrected chi connectivity index (χ3v) is 5.31. The summed E-state index contributed by atoms with van der Waals surface area (Å²) in [6.07, 6.45) is 13.0. The first-order valence-corrected chi connectivity index (χ1v) is 10.0. The van der Waals surface area contributed by atoms with E-state index in [1.807, 2.05) is 6.92 Å². The van der Waals surface area contributed by atoms with Crippen LogP contribution in [0.15, 0.2) is 11.6 Å². The van der Waals surface area contributed by atoms with Gasteiger partial charge in [-0.1, -0.05) is 57.1 Å². The van der Waals surface area contributed by atoms with Gasteiger partial charge in [-0.3, -0.25) is 9.59 Å². The molecule has 0 amide bonds. The van der Waals surface area contributed by atoms with Gasteiger partial charge in [-0.15, -0.1) is 0 Å². The van der Waals surface area contributed by atoms with E-state index in [4.69, 9.17) is 5.11 Å². The van der Waals surface area contributed by atoms with E-state index in [-0.39, 0.29) is 12.3 Å². The van der Waals surface area contributed by atoms with Gasteiger partial charge in [-0.05, 0) is 39.0 Å². The molecule has 0 saturated carbocycles. The molecule has 1 rings (SSSR count). The fraction of sp³-hybridized carbons (Fsp3) is 0.810. The minimum Gasteiger partial charge on any atom is -0.481 e. The Morgan fingerprint density at radius 2 is 1.88 bits per heavy atom. The van der Waals surface area contributed by atoms with Gasteiger partial charge < -0.3 is 10.2 Å². The topological polar surface area (TPSA) is 74.6 Å². The quantitative estimate of drug-likeness (QED) is 0.339. The molecule has 1 aliphatic carbocycles. The molecule has 0 fully saturated rings. The summed E-state index contributed by atoms with van der Waals surface area (Å²) < 4.78 is 0. The van der Waals surface area contributed by atoms with E-state index in [1.165, 1.54) is 5.57 Å². The van der Waals surface area contributed by atoms with Gasteiger partial charge in [0.15, 0.2) is 0 Å². The number of ketones is 1. The summed E-state index contributed by atoms with van der Waals surface area (Å²) in [5, 5.41) is 19.1. The van der Waals surface area contributed by atoms with E-state index in [0.29, 0.717) is 12.2 Å². The number of carboxylic acid groups (broad SMARTS) is 1. The third-order valence-electron chi connectivity index (χ3n) is 5.31. The van der Waals surface area contributed by atoms with Crippen LogP contribution in [0.3, 0.4) is 0 Å². The number of aliphatic carboxylic acids is 1. The Labute approximate surface area is 152 Å². The standard InChI is InChI=1S/C21H36O4/c1-3-4-9-15-21(2,25)16-14-17-12-13-19(22)18(17)10-7-5-6-8-11-20(23)24/h12,18,25H,3-11,13-16H2,1-2H3,(H,23,24)/t18-,21+/m1/s1. The summed E-state index contributed by atoms with van der Waals surface area (Å²) in [6.45, 7) is 4.08. The predicted octanol–water partition coefficient (Wildman–Crippen LogP) is 5.04. The lowest BCUT2D eigenvalue weighted by Gasteiger charge is -2.24. The van der Waals surface area contributed by atoms with E-state index in [1.54, 1.807) is 0 Å². The van der Waals surface area contributed by atoms with Crippen molar-refractivity contribution in [2.24, 2.45) is 5.92 Å². The second-order valence-electron chi connectivity index (χ2n) is 7.80. The number of Topliss-reactive ketones (excluding diaryl/α,β-unsaturated/α-hetero) is 1. The largest absolute Gasteiger partial charge is 0.481 e. The molecule has 2 atom stereocenters. The van der Waals surface area contributed by atoms with Crippen LogP contribution in [0.1, 0.15) is 97.3 Å². The summed E-state index contributed by atoms with van der Waals surface area (Å²) in [5.74, 6) is -0.390. The number of unbranched alkanes of at least 4 members (excludes halogenated alkanes) is 5. The number of carbonyl (C=O) groups is 2. The van der Waals surface area contributed by atoms with Crippen LogP contribution in [0.25, 0.3) is 0 Å². The number of aliphatic hydroxyl groups is 1. The first-order chi connectivity index (χ1) is 11.9. The molecule has 4 nitrogen and oxygen atoms in total. The highest BCUT2D eigenvalue weighted by Gasteiger charge is 2.29. The normalized spacial score (nSPS) is 19.7. The molecule has 2 N–H and O–H groups in total. The molecule has 0 spiro atoms. The van der Waals surface area contributed by atoms with Crippen LogP contribution in [0.4, 0.5) is 0 Å². The van der Waals surface area contributed by atoms with Gasteiger partial charge in [0.05, 0.1) is 5.60 Å². The first-order valence-electron chi connectivity index (χ1n) is 10.0. The fourth-order valence-corrected chi connectivity index (χ4v) is 3.62. The van der Waals surface area contributed by atoms with Crippen molar-refractivity contribution in [2.75, 3.05) is 0 Å². The van der Waals surface area contributed by atoms with Gasteiger partial charge in [0.2, 0.25) is 0 Å². The summed E-state index contributed by atoms with van der Waals surface area (Å²) in [5.41, 5.74) is 0.578. The minimum absolute atomic E-state index is 0.0333. The lowest BCUT2D eigenvalue weighted by Crippen LogP contribution is -2.24. The molecule has 1 aliphatic rings. The maximum atomic E-state index is 12.1. The Hall–Kier alpha value is -1.16. The highest BCUT2D eigenvalue weighted by atomic mass is 16.4. The first kappa shape index (κ1) is 21.9. The predicted molar refractivity (Wildman–Crippen MR) is 101 cm³/mol. The van der Waals surface area contributed by atoms with Gasteiger partial charge in [0.1, 0.15) is 5.78 Å². The van der Waals surface area contributed by atoms with E-state index >= 15 is 0 Å². The Morgan fingerprint density at radius 1 is 1.16 bits per heavy atom. The third kappa shape index (κ3) is 9.20.